The molecule has 0 amide bonds. The summed E-state index contributed by atoms with van der Waals surface area (Å²) in [6.45, 7) is 0.191. The number of aliphatic hydroxyl groups is 1. The second-order valence-corrected chi connectivity index (χ2v) is 1.92. The second kappa shape index (κ2) is 2.68. The van der Waals surface area contributed by atoms with Crippen LogP contribution >= 0.6 is 0 Å². The van der Waals surface area contributed by atoms with E-state index in [4.69, 9.17) is 5.11 Å². The summed E-state index contributed by atoms with van der Waals surface area (Å²) in [5, 5.41) is 8.57. The quantitative estimate of drug-likeness (QED) is 0.538. The van der Waals surface area contributed by atoms with Crippen LogP contribution in [0.15, 0.2) is 23.8 Å². The van der Waals surface area contributed by atoms with Crippen LogP contribution in [0.5, 0.6) is 0 Å². The van der Waals surface area contributed by atoms with Crippen molar-refractivity contribution in [2.75, 3.05) is 6.61 Å². The lowest BCUT2D eigenvalue weighted by atomic mass is 10.1. The zero-order chi connectivity index (χ0) is 5.82. The van der Waals surface area contributed by atoms with E-state index in [0.717, 1.165) is 18.4 Å². The minimum atomic E-state index is 0.191. The molecule has 0 radical (unpaired) electrons. The first-order chi connectivity index (χ1) is 3.93. The molecule has 0 spiro atoms. The lowest BCUT2D eigenvalue weighted by Crippen LogP contribution is -1.88. The minimum Gasteiger partial charge on any atom is -0.392 e. The Morgan fingerprint density at radius 3 is 2.75 bits per heavy atom. The third-order valence-corrected chi connectivity index (χ3v) is 1.25. The van der Waals surface area contributed by atoms with Crippen LogP contribution in [-0.2, 0) is 0 Å². The molecule has 0 aromatic carbocycles. The van der Waals surface area contributed by atoms with Gasteiger partial charge in [0, 0.05) is 0 Å². The molecule has 0 unspecified atom stereocenters. The fourth-order valence-corrected chi connectivity index (χ4v) is 0.785. The highest BCUT2D eigenvalue weighted by Gasteiger charge is 1.91. The Bertz CT molecular complexity index is 122. The van der Waals surface area contributed by atoms with Crippen molar-refractivity contribution in [1.29, 1.82) is 0 Å². The fourth-order valence-electron chi connectivity index (χ4n) is 0.785. The van der Waals surface area contributed by atoms with Crippen molar-refractivity contribution in [2.45, 2.75) is 12.8 Å². The van der Waals surface area contributed by atoms with Gasteiger partial charge in [-0.25, -0.2) is 0 Å². The molecule has 1 nitrogen and oxygen atoms in total. The molecular formula is C7H10O. The van der Waals surface area contributed by atoms with Crippen LogP contribution in [0.25, 0.3) is 0 Å². The Balaban J connectivity index is 2.51. The molecule has 0 bridgehead atoms. The predicted molar refractivity (Wildman–Crippen MR) is 33.5 cm³/mol. The summed E-state index contributed by atoms with van der Waals surface area (Å²) in [5.74, 6) is 0. The van der Waals surface area contributed by atoms with E-state index >= 15 is 0 Å². The third-order valence-electron chi connectivity index (χ3n) is 1.25. The normalized spacial score (nSPS) is 18.4. The molecule has 0 heterocycles. The molecule has 0 saturated carbocycles. The van der Waals surface area contributed by atoms with Gasteiger partial charge in [-0.1, -0.05) is 18.2 Å². The van der Waals surface area contributed by atoms with Crippen LogP contribution < -0.4 is 0 Å². The maximum atomic E-state index is 8.57. The van der Waals surface area contributed by atoms with Crippen molar-refractivity contribution < 1.29 is 5.11 Å². The summed E-state index contributed by atoms with van der Waals surface area (Å²) >= 11 is 0. The smallest absolute Gasteiger partial charge is 0.0678 e. The van der Waals surface area contributed by atoms with E-state index < -0.39 is 0 Å². The van der Waals surface area contributed by atoms with Gasteiger partial charge in [-0.05, 0) is 18.4 Å². The van der Waals surface area contributed by atoms with Gasteiger partial charge in [-0.2, -0.15) is 0 Å². The highest BCUT2D eigenvalue weighted by molar-refractivity contribution is 5.21. The van der Waals surface area contributed by atoms with Crippen molar-refractivity contribution >= 4 is 0 Å². The largest absolute Gasteiger partial charge is 0.392 e. The lowest BCUT2D eigenvalue weighted by molar-refractivity contribution is 0.334. The van der Waals surface area contributed by atoms with Gasteiger partial charge in [0.15, 0.2) is 0 Å². The molecule has 0 aromatic rings. The topological polar surface area (TPSA) is 20.2 Å². The van der Waals surface area contributed by atoms with Crippen LogP contribution in [0.4, 0.5) is 0 Å². The van der Waals surface area contributed by atoms with E-state index in [1.54, 1.807) is 0 Å². The molecule has 0 aliphatic heterocycles. The first kappa shape index (κ1) is 5.57. The van der Waals surface area contributed by atoms with Gasteiger partial charge in [-0.15, -0.1) is 0 Å². The van der Waals surface area contributed by atoms with E-state index in [1.807, 2.05) is 6.08 Å². The van der Waals surface area contributed by atoms with Crippen molar-refractivity contribution in [3.05, 3.63) is 23.8 Å². The molecule has 8 heavy (non-hydrogen) atoms. The van der Waals surface area contributed by atoms with Gasteiger partial charge in [0.2, 0.25) is 0 Å². The highest BCUT2D eigenvalue weighted by Crippen LogP contribution is 2.07. The van der Waals surface area contributed by atoms with Gasteiger partial charge < -0.3 is 5.11 Å². The average Bonchev–Trinajstić information content (AvgIpc) is 1.90. The molecule has 0 fully saturated rings. The summed E-state index contributed by atoms with van der Waals surface area (Å²) in [6.07, 6.45) is 8.35. The molecule has 1 rings (SSSR count). The van der Waals surface area contributed by atoms with Crippen molar-refractivity contribution in [1.82, 2.24) is 0 Å². The third kappa shape index (κ3) is 1.20. The van der Waals surface area contributed by atoms with E-state index in [9.17, 15) is 0 Å². The van der Waals surface area contributed by atoms with Gasteiger partial charge >= 0.3 is 0 Å². The monoisotopic (exact) mass is 110 g/mol. The molecule has 44 valence electrons. The average molecular weight is 110 g/mol. The predicted octanol–water partition coefficient (Wildman–Crippen LogP) is 1.26. The first-order valence-electron chi connectivity index (χ1n) is 2.90. The lowest BCUT2D eigenvalue weighted by Gasteiger charge is -2.00. The highest BCUT2D eigenvalue weighted by atomic mass is 16.3. The van der Waals surface area contributed by atoms with E-state index in [0.29, 0.717) is 0 Å². The van der Waals surface area contributed by atoms with Crippen LogP contribution in [0.1, 0.15) is 12.8 Å². The van der Waals surface area contributed by atoms with Crippen molar-refractivity contribution in [2.24, 2.45) is 0 Å². The van der Waals surface area contributed by atoms with Crippen LogP contribution in [-0.4, -0.2) is 11.7 Å². The van der Waals surface area contributed by atoms with Crippen LogP contribution in [0.3, 0.4) is 0 Å². The molecular weight excluding hydrogens is 100 g/mol. The number of hydrogen-bond donors (Lipinski definition) is 1. The Morgan fingerprint density at radius 2 is 2.38 bits per heavy atom. The van der Waals surface area contributed by atoms with Gasteiger partial charge in [0.05, 0.1) is 6.61 Å². The zero-order valence-electron chi connectivity index (χ0n) is 4.80. The minimum absolute atomic E-state index is 0.191. The Hall–Kier alpha value is -0.560. The van der Waals surface area contributed by atoms with Gasteiger partial charge in [0.1, 0.15) is 0 Å². The fraction of sp³-hybridized carbons (Fsp3) is 0.429. The van der Waals surface area contributed by atoms with Crippen molar-refractivity contribution in [3.8, 4) is 0 Å². The number of aliphatic hydroxyl groups excluding tert-OH is 1. The number of hydrogen-bond acceptors (Lipinski definition) is 1. The van der Waals surface area contributed by atoms with Crippen molar-refractivity contribution in [3.63, 3.8) is 0 Å². The zero-order valence-corrected chi connectivity index (χ0v) is 4.80. The summed E-state index contributed by atoms with van der Waals surface area (Å²) in [6, 6.07) is 0. The standard InChI is InChI=1S/C7H10O/c8-6-7-4-2-1-3-5-7/h2,4-5,8H,1,3,6H2. The summed E-state index contributed by atoms with van der Waals surface area (Å²) < 4.78 is 0. The second-order valence-electron chi connectivity index (χ2n) is 1.92. The van der Waals surface area contributed by atoms with Crippen LogP contribution in [0.2, 0.25) is 0 Å². The molecule has 0 saturated heterocycles. The summed E-state index contributed by atoms with van der Waals surface area (Å²) in [5.41, 5.74) is 1.05. The number of rotatable bonds is 1. The number of allylic oxidation sites excluding steroid dienone is 2. The molecule has 1 N–H and O–H groups in total. The SMILES string of the molecule is OCC1=CCCC=C1. The Morgan fingerprint density at radius 1 is 1.50 bits per heavy atom. The van der Waals surface area contributed by atoms with E-state index in [1.165, 1.54) is 0 Å². The summed E-state index contributed by atoms with van der Waals surface area (Å²) in [7, 11) is 0. The Kier molecular flexibility index (Phi) is 1.86. The van der Waals surface area contributed by atoms with Gasteiger partial charge in [0.25, 0.3) is 0 Å². The molecule has 0 atom stereocenters. The maximum Gasteiger partial charge on any atom is 0.0678 e. The first-order valence-corrected chi connectivity index (χ1v) is 2.90. The molecule has 0 aromatic heterocycles. The maximum absolute atomic E-state index is 8.57. The molecule has 1 heteroatoms. The molecule has 1 aliphatic carbocycles. The summed E-state index contributed by atoms with van der Waals surface area (Å²) in [4.78, 5) is 0. The molecule has 1 aliphatic rings. The van der Waals surface area contributed by atoms with Crippen LogP contribution in [0, 0.1) is 0 Å². The van der Waals surface area contributed by atoms with E-state index in [2.05, 4.69) is 12.2 Å². The van der Waals surface area contributed by atoms with Gasteiger partial charge in [-0.3, -0.25) is 0 Å². The Labute approximate surface area is 49.3 Å². The van der Waals surface area contributed by atoms with E-state index in [-0.39, 0.29) is 6.61 Å².